The molecular formula is C17H24N4O2. The number of rotatable bonds is 3. The number of benzene rings is 1. The third kappa shape index (κ3) is 5.17. The number of nitrogens with zero attached hydrogens (tertiary/aromatic N) is 2. The zero-order valence-corrected chi connectivity index (χ0v) is 13.9. The summed E-state index contributed by atoms with van der Waals surface area (Å²) in [5, 5.41) is 6.62. The Hall–Kier alpha value is -2.21. The highest BCUT2D eigenvalue weighted by atomic mass is 16.2. The second kappa shape index (κ2) is 7.87. The molecule has 1 fully saturated rings. The molecule has 0 aromatic heterocycles. The number of anilines is 1. The monoisotopic (exact) mass is 316 g/mol. The van der Waals surface area contributed by atoms with Crippen molar-refractivity contribution in [3.8, 4) is 0 Å². The standard InChI is InChI=1S/C17H24N4O2/c1-12(2)13-4-6-14(7-5-13)18-16(22)17(23)20-19-15-8-10-21(3)11-9-15/h4-7,12H,8-11H2,1-3H3,(H,18,22)(H,20,23). The third-order valence-corrected chi connectivity index (χ3v) is 3.92. The van der Waals surface area contributed by atoms with Gasteiger partial charge in [0, 0.05) is 37.3 Å². The summed E-state index contributed by atoms with van der Waals surface area (Å²) in [6.45, 7) is 6.04. The van der Waals surface area contributed by atoms with Gasteiger partial charge in [0.15, 0.2) is 0 Å². The number of hydrogen-bond donors (Lipinski definition) is 2. The van der Waals surface area contributed by atoms with Crippen molar-refractivity contribution < 1.29 is 9.59 Å². The molecule has 0 unspecified atom stereocenters. The van der Waals surface area contributed by atoms with Crippen molar-refractivity contribution in [3.63, 3.8) is 0 Å². The molecule has 1 heterocycles. The Morgan fingerprint density at radius 2 is 1.70 bits per heavy atom. The predicted octanol–water partition coefficient (Wildman–Crippen LogP) is 1.95. The number of carbonyl (C=O) groups excluding carboxylic acids is 2. The number of hydrazone groups is 1. The van der Waals surface area contributed by atoms with Crippen LogP contribution in [0.1, 0.15) is 38.2 Å². The maximum Gasteiger partial charge on any atom is 0.329 e. The lowest BCUT2D eigenvalue weighted by Gasteiger charge is -2.22. The zero-order chi connectivity index (χ0) is 16.8. The molecule has 2 rings (SSSR count). The summed E-state index contributed by atoms with van der Waals surface area (Å²) < 4.78 is 0. The van der Waals surface area contributed by atoms with Gasteiger partial charge in [0.05, 0.1) is 0 Å². The molecule has 124 valence electrons. The molecule has 1 aliphatic heterocycles. The molecule has 0 atom stereocenters. The Balaban J connectivity index is 1.85. The van der Waals surface area contributed by atoms with E-state index in [0.717, 1.165) is 31.6 Å². The number of carbonyl (C=O) groups is 2. The minimum absolute atomic E-state index is 0.424. The Bertz CT molecular complexity index is 583. The quantitative estimate of drug-likeness (QED) is 0.661. The number of amides is 2. The molecule has 0 radical (unpaired) electrons. The van der Waals surface area contributed by atoms with Crippen LogP contribution in [0, 0.1) is 0 Å². The zero-order valence-electron chi connectivity index (χ0n) is 13.9. The van der Waals surface area contributed by atoms with Gasteiger partial charge in [-0.15, -0.1) is 0 Å². The second-order valence-corrected chi connectivity index (χ2v) is 6.15. The van der Waals surface area contributed by atoms with Gasteiger partial charge < -0.3 is 10.2 Å². The van der Waals surface area contributed by atoms with Crippen LogP contribution in [-0.2, 0) is 9.59 Å². The lowest BCUT2D eigenvalue weighted by Crippen LogP contribution is -2.35. The molecular weight excluding hydrogens is 292 g/mol. The molecule has 6 nitrogen and oxygen atoms in total. The average molecular weight is 316 g/mol. The molecule has 0 aliphatic carbocycles. The summed E-state index contributed by atoms with van der Waals surface area (Å²) in [6, 6.07) is 7.47. The van der Waals surface area contributed by atoms with Crippen LogP contribution < -0.4 is 10.7 Å². The van der Waals surface area contributed by atoms with Crippen LogP contribution in [0.3, 0.4) is 0 Å². The molecule has 6 heteroatoms. The minimum Gasteiger partial charge on any atom is -0.318 e. The van der Waals surface area contributed by atoms with Crippen LogP contribution in [0.25, 0.3) is 0 Å². The number of hydrogen-bond acceptors (Lipinski definition) is 4. The van der Waals surface area contributed by atoms with Gasteiger partial charge in [-0.2, -0.15) is 5.10 Å². The van der Waals surface area contributed by atoms with E-state index in [0.29, 0.717) is 11.6 Å². The molecule has 0 bridgehead atoms. The van der Waals surface area contributed by atoms with Gasteiger partial charge in [-0.25, -0.2) is 5.43 Å². The fourth-order valence-electron chi connectivity index (χ4n) is 2.31. The molecule has 1 aromatic carbocycles. The first-order valence-corrected chi connectivity index (χ1v) is 7.91. The maximum absolute atomic E-state index is 11.9. The van der Waals surface area contributed by atoms with Crippen LogP contribution in [0.15, 0.2) is 29.4 Å². The van der Waals surface area contributed by atoms with Crippen molar-refractivity contribution in [2.45, 2.75) is 32.6 Å². The molecule has 2 N–H and O–H groups in total. The van der Waals surface area contributed by atoms with Crippen LogP contribution in [0.5, 0.6) is 0 Å². The van der Waals surface area contributed by atoms with E-state index < -0.39 is 11.8 Å². The molecule has 1 aromatic rings. The van der Waals surface area contributed by atoms with Gasteiger partial charge in [0.1, 0.15) is 0 Å². The van der Waals surface area contributed by atoms with Crippen molar-refractivity contribution in [2.24, 2.45) is 5.10 Å². The second-order valence-electron chi connectivity index (χ2n) is 6.15. The average Bonchev–Trinajstić information content (AvgIpc) is 2.54. The summed E-state index contributed by atoms with van der Waals surface area (Å²) in [4.78, 5) is 25.8. The summed E-state index contributed by atoms with van der Waals surface area (Å²) in [5.41, 5.74) is 5.04. The molecule has 23 heavy (non-hydrogen) atoms. The Labute approximate surface area is 136 Å². The van der Waals surface area contributed by atoms with E-state index in [4.69, 9.17) is 0 Å². The lowest BCUT2D eigenvalue weighted by molar-refractivity contribution is -0.136. The number of nitrogens with one attached hydrogen (secondary N) is 2. The topological polar surface area (TPSA) is 73.8 Å². The van der Waals surface area contributed by atoms with E-state index in [1.165, 1.54) is 5.56 Å². The van der Waals surface area contributed by atoms with Gasteiger partial charge in [0.25, 0.3) is 0 Å². The molecule has 0 saturated carbocycles. The summed E-state index contributed by atoms with van der Waals surface area (Å²) in [5.74, 6) is -1.03. The highest BCUT2D eigenvalue weighted by Crippen LogP contribution is 2.17. The number of likely N-dealkylation sites (tertiary alicyclic amines) is 1. The van der Waals surface area contributed by atoms with Crippen molar-refractivity contribution in [2.75, 3.05) is 25.5 Å². The molecule has 1 aliphatic rings. The molecule has 2 amide bonds. The molecule has 0 spiro atoms. The van der Waals surface area contributed by atoms with Crippen molar-refractivity contribution in [1.82, 2.24) is 10.3 Å². The van der Waals surface area contributed by atoms with Crippen LogP contribution in [0.4, 0.5) is 5.69 Å². The SMILES string of the molecule is CC(C)c1ccc(NC(=O)C(=O)NN=C2CCN(C)CC2)cc1. The van der Waals surface area contributed by atoms with Crippen molar-refractivity contribution in [3.05, 3.63) is 29.8 Å². The summed E-state index contributed by atoms with van der Waals surface area (Å²) in [7, 11) is 2.05. The van der Waals surface area contributed by atoms with Crippen LogP contribution >= 0.6 is 0 Å². The fourth-order valence-corrected chi connectivity index (χ4v) is 2.31. The van der Waals surface area contributed by atoms with E-state index in [1.807, 2.05) is 19.2 Å². The summed E-state index contributed by atoms with van der Waals surface area (Å²) in [6.07, 6.45) is 1.63. The van der Waals surface area contributed by atoms with E-state index in [9.17, 15) is 9.59 Å². The first-order chi connectivity index (χ1) is 11.0. The van der Waals surface area contributed by atoms with E-state index in [-0.39, 0.29) is 0 Å². The normalized spacial score (nSPS) is 15.4. The van der Waals surface area contributed by atoms with Crippen LogP contribution in [-0.4, -0.2) is 42.6 Å². The molecule has 1 saturated heterocycles. The maximum atomic E-state index is 11.9. The Kier molecular flexibility index (Phi) is 5.87. The van der Waals surface area contributed by atoms with E-state index in [1.54, 1.807) is 12.1 Å². The number of piperidine rings is 1. The van der Waals surface area contributed by atoms with Gasteiger partial charge in [-0.05, 0) is 30.7 Å². The smallest absolute Gasteiger partial charge is 0.318 e. The third-order valence-electron chi connectivity index (χ3n) is 3.92. The van der Waals surface area contributed by atoms with Gasteiger partial charge in [-0.3, -0.25) is 9.59 Å². The van der Waals surface area contributed by atoms with Gasteiger partial charge in [-0.1, -0.05) is 26.0 Å². The van der Waals surface area contributed by atoms with E-state index >= 15 is 0 Å². The Morgan fingerprint density at radius 3 is 2.26 bits per heavy atom. The van der Waals surface area contributed by atoms with E-state index in [2.05, 4.69) is 34.6 Å². The van der Waals surface area contributed by atoms with Crippen molar-refractivity contribution >= 4 is 23.2 Å². The van der Waals surface area contributed by atoms with Crippen molar-refractivity contribution in [1.29, 1.82) is 0 Å². The lowest BCUT2D eigenvalue weighted by atomic mass is 10.0. The predicted molar refractivity (Wildman–Crippen MR) is 91.5 cm³/mol. The van der Waals surface area contributed by atoms with Gasteiger partial charge >= 0.3 is 11.8 Å². The highest BCUT2D eigenvalue weighted by molar-refractivity contribution is 6.39. The van der Waals surface area contributed by atoms with Gasteiger partial charge in [0.2, 0.25) is 0 Å². The highest BCUT2D eigenvalue weighted by Gasteiger charge is 2.15. The minimum atomic E-state index is -0.746. The fraction of sp³-hybridized carbons (Fsp3) is 0.471. The first kappa shape index (κ1) is 17.1. The largest absolute Gasteiger partial charge is 0.329 e. The summed E-state index contributed by atoms with van der Waals surface area (Å²) >= 11 is 0. The Morgan fingerprint density at radius 1 is 1.09 bits per heavy atom. The van der Waals surface area contributed by atoms with Crippen LogP contribution in [0.2, 0.25) is 0 Å². The first-order valence-electron chi connectivity index (χ1n) is 7.91.